The zero-order chi connectivity index (χ0) is 16.7. The third kappa shape index (κ3) is 4.98. The molecule has 0 aliphatic rings. The molecule has 2 N–H and O–H groups in total. The van der Waals surface area contributed by atoms with Crippen molar-refractivity contribution in [3.05, 3.63) is 59.9 Å². The van der Waals surface area contributed by atoms with E-state index in [9.17, 15) is 9.18 Å². The number of hydrogen-bond donors (Lipinski definition) is 2. The number of hydrogen-bond acceptors (Lipinski definition) is 2. The molecule has 0 heterocycles. The minimum absolute atomic E-state index is 0.279. The van der Waals surface area contributed by atoms with Crippen LogP contribution in [-0.4, -0.2) is 19.1 Å². The molecule has 5 heteroatoms. The molecule has 0 saturated heterocycles. The molecule has 0 unspecified atom stereocenters. The molecule has 0 spiro atoms. The SMILES string of the molecule is CCN(CC)c1ccc(NC(=O)NCc2cccc(F)c2)cc1. The average Bonchev–Trinajstić information content (AvgIpc) is 2.56. The Morgan fingerprint density at radius 3 is 2.39 bits per heavy atom. The van der Waals surface area contributed by atoms with E-state index in [-0.39, 0.29) is 18.4 Å². The van der Waals surface area contributed by atoms with E-state index in [1.54, 1.807) is 12.1 Å². The van der Waals surface area contributed by atoms with Gasteiger partial charge in [-0.05, 0) is 55.8 Å². The van der Waals surface area contributed by atoms with Gasteiger partial charge in [-0.3, -0.25) is 0 Å². The number of benzene rings is 2. The monoisotopic (exact) mass is 315 g/mol. The van der Waals surface area contributed by atoms with E-state index in [0.29, 0.717) is 0 Å². The van der Waals surface area contributed by atoms with Gasteiger partial charge >= 0.3 is 6.03 Å². The predicted octanol–water partition coefficient (Wildman–Crippen LogP) is 3.99. The molecule has 0 radical (unpaired) electrons. The highest BCUT2D eigenvalue weighted by Gasteiger charge is 2.04. The summed E-state index contributed by atoms with van der Waals surface area (Å²) in [6.45, 7) is 6.38. The summed E-state index contributed by atoms with van der Waals surface area (Å²) in [6.07, 6.45) is 0. The van der Waals surface area contributed by atoms with Crippen LogP contribution in [0.5, 0.6) is 0 Å². The van der Waals surface area contributed by atoms with Crippen molar-refractivity contribution in [1.82, 2.24) is 5.32 Å². The Hall–Kier alpha value is -2.56. The van der Waals surface area contributed by atoms with E-state index < -0.39 is 0 Å². The van der Waals surface area contributed by atoms with E-state index in [1.165, 1.54) is 12.1 Å². The maximum absolute atomic E-state index is 13.1. The van der Waals surface area contributed by atoms with Gasteiger partial charge in [-0.25, -0.2) is 9.18 Å². The lowest BCUT2D eigenvalue weighted by Gasteiger charge is -2.21. The van der Waals surface area contributed by atoms with Crippen molar-refractivity contribution in [3.8, 4) is 0 Å². The van der Waals surface area contributed by atoms with Crippen LogP contribution >= 0.6 is 0 Å². The Bertz CT molecular complexity index is 639. The van der Waals surface area contributed by atoms with Crippen molar-refractivity contribution >= 4 is 17.4 Å². The third-order valence-electron chi connectivity index (χ3n) is 3.60. The number of carbonyl (C=O) groups excluding carboxylic acids is 1. The number of amides is 2. The summed E-state index contributed by atoms with van der Waals surface area (Å²) < 4.78 is 13.1. The van der Waals surface area contributed by atoms with Crippen LogP contribution in [0.25, 0.3) is 0 Å². The molecule has 0 aliphatic heterocycles. The molecule has 0 fully saturated rings. The standard InChI is InChI=1S/C18H22FN3O/c1-3-22(4-2)17-10-8-16(9-11-17)21-18(23)20-13-14-6-5-7-15(19)12-14/h5-12H,3-4,13H2,1-2H3,(H2,20,21,23). The maximum Gasteiger partial charge on any atom is 0.319 e. The third-order valence-corrected chi connectivity index (χ3v) is 3.60. The number of nitrogens with one attached hydrogen (secondary N) is 2. The van der Waals surface area contributed by atoms with Crippen LogP contribution in [0.3, 0.4) is 0 Å². The largest absolute Gasteiger partial charge is 0.372 e. The number of carbonyl (C=O) groups is 1. The number of nitrogens with zero attached hydrogens (tertiary/aromatic N) is 1. The Balaban J connectivity index is 1.87. The number of urea groups is 1. The second kappa shape index (κ2) is 8.17. The highest BCUT2D eigenvalue weighted by atomic mass is 19.1. The Labute approximate surface area is 136 Å². The lowest BCUT2D eigenvalue weighted by Crippen LogP contribution is -2.28. The van der Waals surface area contributed by atoms with Crippen LogP contribution in [0.4, 0.5) is 20.6 Å². The molecule has 0 saturated carbocycles. The minimum Gasteiger partial charge on any atom is -0.372 e. The van der Waals surface area contributed by atoms with E-state index >= 15 is 0 Å². The van der Waals surface area contributed by atoms with E-state index in [1.807, 2.05) is 24.3 Å². The smallest absolute Gasteiger partial charge is 0.319 e. The highest BCUT2D eigenvalue weighted by molar-refractivity contribution is 5.89. The molecule has 2 rings (SSSR count). The van der Waals surface area contributed by atoms with E-state index in [2.05, 4.69) is 29.4 Å². The molecular formula is C18H22FN3O. The topological polar surface area (TPSA) is 44.4 Å². The van der Waals surface area contributed by atoms with Crippen molar-refractivity contribution in [2.45, 2.75) is 20.4 Å². The van der Waals surface area contributed by atoms with Crippen LogP contribution < -0.4 is 15.5 Å². The van der Waals surface area contributed by atoms with Gasteiger partial charge in [0.1, 0.15) is 5.82 Å². The van der Waals surface area contributed by atoms with Crippen LogP contribution in [0, 0.1) is 5.82 Å². The molecular weight excluding hydrogens is 293 g/mol. The van der Waals surface area contributed by atoms with Crippen molar-refractivity contribution < 1.29 is 9.18 Å². The summed E-state index contributed by atoms with van der Waals surface area (Å²) in [5.74, 6) is -0.309. The fourth-order valence-electron chi connectivity index (χ4n) is 2.35. The minimum atomic E-state index is -0.315. The van der Waals surface area contributed by atoms with Crippen LogP contribution in [0.1, 0.15) is 19.4 Å². The average molecular weight is 315 g/mol. The van der Waals surface area contributed by atoms with Crippen LogP contribution in [0.2, 0.25) is 0 Å². The molecule has 122 valence electrons. The summed E-state index contributed by atoms with van der Waals surface area (Å²) in [5.41, 5.74) is 2.57. The maximum atomic E-state index is 13.1. The summed E-state index contributed by atoms with van der Waals surface area (Å²) in [7, 11) is 0. The van der Waals surface area contributed by atoms with Crippen molar-refractivity contribution in [2.24, 2.45) is 0 Å². The number of rotatable bonds is 6. The van der Waals surface area contributed by atoms with Gasteiger partial charge in [0, 0.05) is 31.0 Å². The second-order valence-corrected chi connectivity index (χ2v) is 5.16. The first kappa shape index (κ1) is 16.8. The van der Waals surface area contributed by atoms with Gasteiger partial charge in [-0.2, -0.15) is 0 Å². The molecule has 0 bridgehead atoms. The van der Waals surface area contributed by atoms with E-state index in [0.717, 1.165) is 30.0 Å². The van der Waals surface area contributed by atoms with Crippen LogP contribution in [-0.2, 0) is 6.54 Å². The fraction of sp³-hybridized carbons (Fsp3) is 0.278. The lowest BCUT2D eigenvalue weighted by molar-refractivity contribution is 0.251. The van der Waals surface area contributed by atoms with Crippen molar-refractivity contribution in [3.63, 3.8) is 0 Å². The normalized spacial score (nSPS) is 10.2. The van der Waals surface area contributed by atoms with Crippen molar-refractivity contribution in [2.75, 3.05) is 23.3 Å². The van der Waals surface area contributed by atoms with Crippen molar-refractivity contribution in [1.29, 1.82) is 0 Å². The summed E-state index contributed by atoms with van der Waals surface area (Å²) in [5, 5.41) is 5.47. The Kier molecular flexibility index (Phi) is 5.97. The van der Waals surface area contributed by atoms with Gasteiger partial charge in [0.2, 0.25) is 0 Å². The summed E-state index contributed by atoms with van der Waals surface area (Å²) >= 11 is 0. The molecule has 0 aromatic heterocycles. The molecule has 4 nitrogen and oxygen atoms in total. The van der Waals surface area contributed by atoms with Gasteiger partial charge < -0.3 is 15.5 Å². The van der Waals surface area contributed by atoms with E-state index in [4.69, 9.17) is 0 Å². The second-order valence-electron chi connectivity index (χ2n) is 5.16. The first-order valence-corrected chi connectivity index (χ1v) is 7.76. The van der Waals surface area contributed by atoms with Gasteiger partial charge in [-0.15, -0.1) is 0 Å². The lowest BCUT2D eigenvalue weighted by atomic mass is 10.2. The molecule has 2 amide bonds. The van der Waals surface area contributed by atoms with Gasteiger partial charge in [-0.1, -0.05) is 12.1 Å². The first-order chi connectivity index (χ1) is 11.1. The quantitative estimate of drug-likeness (QED) is 0.846. The molecule has 0 aliphatic carbocycles. The highest BCUT2D eigenvalue weighted by Crippen LogP contribution is 2.17. The fourth-order valence-corrected chi connectivity index (χ4v) is 2.35. The molecule has 0 atom stereocenters. The summed E-state index contributed by atoms with van der Waals surface area (Å²) in [6, 6.07) is 13.6. The predicted molar refractivity (Wildman–Crippen MR) is 92.3 cm³/mol. The molecule has 2 aromatic rings. The Morgan fingerprint density at radius 2 is 1.78 bits per heavy atom. The number of halogens is 1. The Morgan fingerprint density at radius 1 is 1.09 bits per heavy atom. The van der Waals surface area contributed by atoms with Gasteiger partial charge in [0.15, 0.2) is 0 Å². The molecule has 23 heavy (non-hydrogen) atoms. The zero-order valence-corrected chi connectivity index (χ0v) is 13.5. The van der Waals surface area contributed by atoms with Gasteiger partial charge in [0.05, 0.1) is 0 Å². The van der Waals surface area contributed by atoms with Gasteiger partial charge in [0.25, 0.3) is 0 Å². The summed E-state index contributed by atoms with van der Waals surface area (Å²) in [4.78, 5) is 14.1. The zero-order valence-electron chi connectivity index (χ0n) is 13.5. The number of anilines is 2. The molecule has 2 aromatic carbocycles. The first-order valence-electron chi connectivity index (χ1n) is 7.76. The van der Waals surface area contributed by atoms with Crippen LogP contribution in [0.15, 0.2) is 48.5 Å².